The number of ether oxygens (including phenoxy) is 1. The highest BCUT2D eigenvalue weighted by Crippen LogP contribution is 2.24. The molecule has 3 atom stereocenters. The number of aromatic nitrogens is 1. The van der Waals surface area contributed by atoms with Crippen molar-refractivity contribution in [2.45, 2.75) is 31.3 Å². The number of carbonyl (C=O) groups is 1. The zero-order chi connectivity index (χ0) is 18.5. The summed E-state index contributed by atoms with van der Waals surface area (Å²) in [6, 6.07) is 11.9. The van der Waals surface area contributed by atoms with Crippen molar-refractivity contribution in [2.24, 2.45) is 11.7 Å². The van der Waals surface area contributed by atoms with E-state index in [1.54, 1.807) is 49.7 Å². The molecule has 26 heavy (non-hydrogen) atoms. The highest BCUT2D eigenvalue weighted by atomic mass is 16.5. The summed E-state index contributed by atoms with van der Waals surface area (Å²) < 4.78 is 6.77. The van der Waals surface area contributed by atoms with Crippen molar-refractivity contribution in [3.8, 4) is 5.69 Å². The predicted molar refractivity (Wildman–Crippen MR) is 100 cm³/mol. The van der Waals surface area contributed by atoms with Gasteiger partial charge in [-0.3, -0.25) is 14.2 Å². The third kappa shape index (κ3) is 4.20. The minimum atomic E-state index is -0.143. The van der Waals surface area contributed by atoms with E-state index in [2.05, 4.69) is 5.32 Å². The number of nitrogens with two attached hydrogens (primary N) is 1. The van der Waals surface area contributed by atoms with Crippen LogP contribution in [0.1, 0.15) is 29.6 Å². The van der Waals surface area contributed by atoms with Crippen molar-refractivity contribution in [1.29, 1.82) is 0 Å². The lowest BCUT2D eigenvalue weighted by Crippen LogP contribution is -2.51. The SMILES string of the molecule is COCC1CCC(N)C(NC(=O)c2ccc(-n3ccccc3=O)cc2)C1. The molecule has 0 aliphatic heterocycles. The largest absolute Gasteiger partial charge is 0.384 e. The Balaban J connectivity index is 1.68. The molecule has 0 spiro atoms. The fraction of sp³-hybridized carbons (Fsp3) is 0.400. The molecule has 1 aromatic heterocycles. The van der Waals surface area contributed by atoms with Gasteiger partial charge in [-0.05, 0) is 55.5 Å². The van der Waals surface area contributed by atoms with Gasteiger partial charge in [-0.15, -0.1) is 0 Å². The van der Waals surface area contributed by atoms with Gasteiger partial charge in [0, 0.05) is 49.3 Å². The van der Waals surface area contributed by atoms with E-state index in [1.165, 1.54) is 10.6 Å². The Kier molecular flexibility index (Phi) is 5.85. The van der Waals surface area contributed by atoms with E-state index in [-0.39, 0.29) is 23.6 Å². The maximum Gasteiger partial charge on any atom is 0.255 e. The van der Waals surface area contributed by atoms with Crippen molar-refractivity contribution < 1.29 is 9.53 Å². The molecule has 6 heteroatoms. The summed E-state index contributed by atoms with van der Waals surface area (Å²) >= 11 is 0. The molecule has 0 saturated heterocycles. The number of rotatable bonds is 5. The van der Waals surface area contributed by atoms with Crippen LogP contribution in [0, 0.1) is 5.92 Å². The molecule has 1 fully saturated rings. The van der Waals surface area contributed by atoms with Crippen LogP contribution in [-0.4, -0.2) is 36.3 Å². The lowest BCUT2D eigenvalue weighted by molar-refractivity contribution is 0.0863. The Morgan fingerprint density at radius 3 is 2.69 bits per heavy atom. The van der Waals surface area contributed by atoms with Crippen LogP contribution in [0.4, 0.5) is 0 Å². The van der Waals surface area contributed by atoms with E-state index in [4.69, 9.17) is 10.5 Å². The van der Waals surface area contributed by atoms with E-state index in [0.717, 1.165) is 24.9 Å². The van der Waals surface area contributed by atoms with Gasteiger partial charge in [-0.1, -0.05) is 6.07 Å². The van der Waals surface area contributed by atoms with E-state index in [1.807, 2.05) is 0 Å². The quantitative estimate of drug-likeness (QED) is 0.855. The topological polar surface area (TPSA) is 86.3 Å². The van der Waals surface area contributed by atoms with Crippen LogP contribution in [0.5, 0.6) is 0 Å². The third-order valence-electron chi connectivity index (χ3n) is 4.96. The van der Waals surface area contributed by atoms with Crippen LogP contribution < -0.4 is 16.6 Å². The van der Waals surface area contributed by atoms with Gasteiger partial charge in [0.2, 0.25) is 0 Å². The Hall–Kier alpha value is -2.44. The number of benzene rings is 1. The van der Waals surface area contributed by atoms with Gasteiger partial charge >= 0.3 is 0 Å². The lowest BCUT2D eigenvalue weighted by Gasteiger charge is -2.34. The number of nitrogens with zero attached hydrogens (tertiary/aromatic N) is 1. The van der Waals surface area contributed by atoms with Gasteiger partial charge in [-0.25, -0.2) is 0 Å². The summed E-state index contributed by atoms with van der Waals surface area (Å²) in [4.78, 5) is 24.5. The fourth-order valence-electron chi connectivity index (χ4n) is 3.50. The first-order valence-electron chi connectivity index (χ1n) is 8.92. The molecule has 2 aromatic rings. The molecule has 0 radical (unpaired) electrons. The molecule has 1 amide bonds. The molecule has 6 nitrogen and oxygen atoms in total. The number of amides is 1. The molecule has 1 aliphatic rings. The second-order valence-electron chi connectivity index (χ2n) is 6.83. The first-order valence-corrected chi connectivity index (χ1v) is 8.92. The number of methoxy groups -OCH3 is 1. The molecule has 3 N–H and O–H groups in total. The molecule has 1 heterocycles. The molecule has 1 aromatic carbocycles. The van der Waals surface area contributed by atoms with Gasteiger partial charge in [0.1, 0.15) is 0 Å². The summed E-state index contributed by atoms with van der Waals surface area (Å²) in [5, 5.41) is 3.06. The highest BCUT2D eigenvalue weighted by Gasteiger charge is 2.29. The highest BCUT2D eigenvalue weighted by molar-refractivity contribution is 5.94. The van der Waals surface area contributed by atoms with E-state index >= 15 is 0 Å². The van der Waals surface area contributed by atoms with E-state index in [0.29, 0.717) is 18.1 Å². The number of nitrogens with one attached hydrogen (secondary N) is 1. The monoisotopic (exact) mass is 355 g/mol. The Morgan fingerprint density at radius 2 is 2.00 bits per heavy atom. The molecular formula is C20H25N3O3. The van der Waals surface area contributed by atoms with Gasteiger partial charge in [-0.2, -0.15) is 0 Å². The molecule has 3 rings (SSSR count). The average molecular weight is 355 g/mol. The summed E-state index contributed by atoms with van der Waals surface area (Å²) in [5.41, 5.74) is 7.36. The van der Waals surface area contributed by atoms with Crippen molar-refractivity contribution in [2.75, 3.05) is 13.7 Å². The standard InChI is InChI=1S/C20H25N3O3/c1-26-13-14-5-10-17(21)18(12-14)22-20(25)15-6-8-16(9-7-15)23-11-3-2-4-19(23)24/h2-4,6-9,11,14,17-18H,5,10,12-13,21H2,1H3,(H,22,25). The lowest BCUT2D eigenvalue weighted by atomic mass is 9.83. The first-order chi connectivity index (χ1) is 12.6. The van der Waals surface area contributed by atoms with Gasteiger partial charge in [0.05, 0.1) is 0 Å². The Labute approximate surface area is 153 Å². The zero-order valence-corrected chi connectivity index (χ0v) is 14.9. The molecule has 3 unspecified atom stereocenters. The number of pyridine rings is 1. The van der Waals surface area contributed by atoms with E-state index < -0.39 is 0 Å². The molecule has 1 saturated carbocycles. The third-order valence-corrected chi connectivity index (χ3v) is 4.96. The minimum absolute atomic E-state index is 0.0331. The molecule has 0 bridgehead atoms. The summed E-state index contributed by atoms with van der Waals surface area (Å²) in [6.07, 6.45) is 4.45. The van der Waals surface area contributed by atoms with Crippen LogP contribution in [0.2, 0.25) is 0 Å². The average Bonchev–Trinajstić information content (AvgIpc) is 2.65. The van der Waals surface area contributed by atoms with Gasteiger partial charge in [0.25, 0.3) is 11.5 Å². The maximum atomic E-state index is 12.6. The molecular weight excluding hydrogens is 330 g/mol. The van der Waals surface area contributed by atoms with Crippen molar-refractivity contribution in [3.05, 3.63) is 64.6 Å². The van der Waals surface area contributed by atoms with Crippen LogP contribution in [0.15, 0.2) is 53.5 Å². The normalized spacial score (nSPS) is 22.8. The van der Waals surface area contributed by atoms with Crippen LogP contribution in [0.3, 0.4) is 0 Å². The van der Waals surface area contributed by atoms with Crippen LogP contribution in [0.25, 0.3) is 5.69 Å². The van der Waals surface area contributed by atoms with Crippen molar-refractivity contribution in [1.82, 2.24) is 9.88 Å². The maximum absolute atomic E-state index is 12.6. The van der Waals surface area contributed by atoms with Crippen LogP contribution in [-0.2, 0) is 4.74 Å². The van der Waals surface area contributed by atoms with Gasteiger partial charge < -0.3 is 15.8 Å². The summed E-state index contributed by atoms with van der Waals surface area (Å²) in [7, 11) is 1.70. The number of carbonyl (C=O) groups excluding carboxylic acids is 1. The molecule has 1 aliphatic carbocycles. The van der Waals surface area contributed by atoms with Gasteiger partial charge in [0.15, 0.2) is 0 Å². The molecule has 138 valence electrons. The Morgan fingerprint density at radius 1 is 1.23 bits per heavy atom. The minimum Gasteiger partial charge on any atom is -0.384 e. The Bertz CT molecular complexity index is 800. The number of hydrogen-bond donors (Lipinski definition) is 2. The number of hydrogen-bond acceptors (Lipinski definition) is 4. The van der Waals surface area contributed by atoms with Crippen molar-refractivity contribution >= 4 is 5.91 Å². The second kappa shape index (κ2) is 8.29. The zero-order valence-electron chi connectivity index (χ0n) is 14.9. The van der Waals surface area contributed by atoms with Crippen molar-refractivity contribution in [3.63, 3.8) is 0 Å². The summed E-state index contributed by atoms with van der Waals surface area (Å²) in [5.74, 6) is 0.285. The fourth-order valence-corrected chi connectivity index (χ4v) is 3.50. The smallest absolute Gasteiger partial charge is 0.255 e. The predicted octanol–water partition coefficient (Wildman–Crippen LogP) is 1.71. The first kappa shape index (κ1) is 18.4. The summed E-state index contributed by atoms with van der Waals surface area (Å²) in [6.45, 7) is 0.694. The second-order valence-corrected chi connectivity index (χ2v) is 6.83. The van der Waals surface area contributed by atoms with Crippen LogP contribution >= 0.6 is 0 Å². The van der Waals surface area contributed by atoms with E-state index in [9.17, 15) is 9.59 Å².